The Bertz CT molecular complexity index is 857. The van der Waals surface area contributed by atoms with E-state index < -0.39 is 11.6 Å². The second-order valence-electron chi connectivity index (χ2n) is 6.26. The fraction of sp³-hybridized carbons (Fsp3) is 0.200. The summed E-state index contributed by atoms with van der Waals surface area (Å²) in [6, 6.07) is 13.9. The molecule has 0 unspecified atom stereocenters. The number of Topliss-reactive ketones (excluding diaryl/α,β-unsaturated/α-hetero) is 1. The Morgan fingerprint density at radius 1 is 1.08 bits per heavy atom. The van der Waals surface area contributed by atoms with Crippen molar-refractivity contribution in [3.63, 3.8) is 0 Å². The van der Waals surface area contributed by atoms with Crippen LogP contribution in [-0.2, 0) is 0 Å². The number of benzene rings is 2. The Morgan fingerprint density at radius 2 is 1.79 bits per heavy atom. The highest BCUT2D eigenvalue weighted by atomic mass is 16.5. The first-order valence-electron chi connectivity index (χ1n) is 7.97. The molecule has 120 valence electrons. The molecule has 0 atom stereocenters. The molecule has 1 fully saturated rings. The van der Waals surface area contributed by atoms with Crippen molar-refractivity contribution < 1.29 is 19.4 Å². The Labute approximate surface area is 139 Å². The van der Waals surface area contributed by atoms with Gasteiger partial charge in [0.25, 0.3) is 0 Å². The molecular weight excluding hydrogens is 304 g/mol. The Morgan fingerprint density at radius 3 is 2.42 bits per heavy atom. The molecule has 1 aliphatic heterocycles. The Balaban J connectivity index is 1.77. The molecule has 4 nitrogen and oxygen atoms in total. The number of carboxylic acids is 1. The van der Waals surface area contributed by atoms with E-state index in [4.69, 9.17) is 9.84 Å². The minimum atomic E-state index is -0.962. The number of ketones is 1. The van der Waals surface area contributed by atoms with Crippen LogP contribution in [0, 0.1) is 0 Å². The van der Waals surface area contributed by atoms with Crippen LogP contribution in [0.2, 0.25) is 0 Å². The van der Waals surface area contributed by atoms with Gasteiger partial charge in [0.2, 0.25) is 0 Å². The third kappa shape index (κ3) is 2.22. The zero-order valence-corrected chi connectivity index (χ0v) is 13.0. The molecule has 0 amide bonds. The summed E-state index contributed by atoms with van der Waals surface area (Å²) in [6.07, 6.45) is 4.52. The van der Waals surface area contributed by atoms with E-state index in [0.29, 0.717) is 16.9 Å². The molecule has 1 spiro atoms. The van der Waals surface area contributed by atoms with E-state index in [-0.39, 0.29) is 11.3 Å². The maximum Gasteiger partial charge on any atom is 0.335 e. The van der Waals surface area contributed by atoms with Crippen molar-refractivity contribution in [2.75, 3.05) is 0 Å². The van der Waals surface area contributed by atoms with E-state index in [9.17, 15) is 9.59 Å². The monoisotopic (exact) mass is 320 g/mol. The van der Waals surface area contributed by atoms with Crippen molar-refractivity contribution in [1.82, 2.24) is 0 Å². The number of carboxylic acid groups (broad SMARTS) is 1. The largest absolute Gasteiger partial charge is 0.482 e. The van der Waals surface area contributed by atoms with E-state index >= 15 is 0 Å². The van der Waals surface area contributed by atoms with Crippen LogP contribution in [-0.4, -0.2) is 22.5 Å². The highest BCUT2D eigenvalue weighted by Crippen LogP contribution is 2.48. The molecule has 4 rings (SSSR count). The molecule has 0 bridgehead atoms. The standard InChI is InChI=1S/C20H16O4/c21-18-15-4-1-2-5-17(15)24-20(10-3-11-20)16(18)12-13-6-8-14(9-7-13)19(22)23/h1-2,4-9,12H,3,10-11H2,(H,22,23)/b16-12-. The highest BCUT2D eigenvalue weighted by Gasteiger charge is 2.49. The van der Waals surface area contributed by atoms with Gasteiger partial charge < -0.3 is 9.84 Å². The molecule has 2 aromatic rings. The molecule has 2 aromatic carbocycles. The molecule has 0 radical (unpaired) electrons. The fourth-order valence-electron chi connectivity index (χ4n) is 3.32. The lowest BCUT2D eigenvalue weighted by molar-refractivity contribution is 0.0200. The predicted molar refractivity (Wildman–Crippen MR) is 89.4 cm³/mol. The van der Waals surface area contributed by atoms with Crippen LogP contribution in [0.1, 0.15) is 45.5 Å². The smallest absolute Gasteiger partial charge is 0.335 e. The number of hydrogen-bond acceptors (Lipinski definition) is 3. The summed E-state index contributed by atoms with van der Waals surface area (Å²) in [5.41, 5.74) is 1.75. The lowest BCUT2D eigenvalue weighted by atomic mass is 9.70. The summed E-state index contributed by atoms with van der Waals surface area (Å²) < 4.78 is 6.19. The highest BCUT2D eigenvalue weighted by molar-refractivity contribution is 6.15. The quantitative estimate of drug-likeness (QED) is 0.851. The van der Waals surface area contributed by atoms with Crippen molar-refractivity contribution in [3.05, 3.63) is 70.8 Å². The van der Waals surface area contributed by atoms with Crippen LogP contribution in [0.25, 0.3) is 6.08 Å². The minimum absolute atomic E-state index is 0.00105. The molecule has 1 N–H and O–H groups in total. The lowest BCUT2D eigenvalue weighted by Gasteiger charge is -2.46. The summed E-state index contributed by atoms with van der Waals surface area (Å²) in [5.74, 6) is -0.310. The van der Waals surface area contributed by atoms with Crippen LogP contribution in [0.5, 0.6) is 5.75 Å². The van der Waals surface area contributed by atoms with E-state index in [1.165, 1.54) is 0 Å². The van der Waals surface area contributed by atoms with E-state index in [2.05, 4.69) is 0 Å². The number of carbonyl (C=O) groups excluding carboxylic acids is 1. The van der Waals surface area contributed by atoms with Gasteiger partial charge in [-0.25, -0.2) is 4.79 Å². The second kappa shape index (κ2) is 5.34. The normalized spacial score (nSPS) is 19.5. The molecule has 4 heteroatoms. The van der Waals surface area contributed by atoms with Gasteiger partial charge in [-0.2, -0.15) is 0 Å². The van der Waals surface area contributed by atoms with Gasteiger partial charge in [0, 0.05) is 5.57 Å². The van der Waals surface area contributed by atoms with Crippen molar-refractivity contribution >= 4 is 17.8 Å². The average Bonchev–Trinajstić information content (AvgIpc) is 2.56. The molecule has 1 aliphatic carbocycles. The third-order valence-electron chi connectivity index (χ3n) is 4.80. The van der Waals surface area contributed by atoms with Crippen molar-refractivity contribution in [2.24, 2.45) is 0 Å². The molecule has 2 aliphatic rings. The lowest BCUT2D eigenvalue weighted by Crippen LogP contribution is -2.49. The zero-order chi connectivity index (χ0) is 16.7. The van der Waals surface area contributed by atoms with E-state index in [0.717, 1.165) is 24.8 Å². The number of hydrogen-bond donors (Lipinski definition) is 1. The van der Waals surface area contributed by atoms with Crippen molar-refractivity contribution in [2.45, 2.75) is 24.9 Å². The van der Waals surface area contributed by atoms with E-state index in [1.54, 1.807) is 30.3 Å². The van der Waals surface area contributed by atoms with Gasteiger partial charge in [0.1, 0.15) is 11.4 Å². The third-order valence-corrected chi connectivity index (χ3v) is 4.80. The zero-order valence-electron chi connectivity index (χ0n) is 13.0. The summed E-state index contributed by atoms with van der Waals surface area (Å²) in [7, 11) is 0. The SMILES string of the molecule is O=C(O)c1ccc(/C=C2/C(=O)c3ccccc3OC23CCC3)cc1. The molecule has 0 aromatic heterocycles. The number of rotatable bonds is 2. The Hall–Kier alpha value is -2.88. The van der Waals surface area contributed by atoms with Crippen molar-refractivity contribution in [3.8, 4) is 5.75 Å². The summed E-state index contributed by atoms with van der Waals surface area (Å²) in [5, 5.41) is 8.99. The number of para-hydroxylation sites is 1. The van der Waals surface area contributed by atoms with Crippen LogP contribution in [0.15, 0.2) is 54.1 Å². The van der Waals surface area contributed by atoms with Crippen LogP contribution in [0.3, 0.4) is 0 Å². The molecule has 1 heterocycles. The molecule has 0 saturated heterocycles. The first-order valence-corrected chi connectivity index (χ1v) is 7.97. The minimum Gasteiger partial charge on any atom is -0.482 e. The predicted octanol–water partition coefficient (Wildman–Crippen LogP) is 3.97. The number of aromatic carboxylic acids is 1. The van der Waals surface area contributed by atoms with Gasteiger partial charge in [-0.3, -0.25) is 4.79 Å². The van der Waals surface area contributed by atoms with Gasteiger partial charge in [0.15, 0.2) is 5.78 Å². The fourth-order valence-corrected chi connectivity index (χ4v) is 3.32. The van der Waals surface area contributed by atoms with Crippen LogP contribution < -0.4 is 4.74 Å². The van der Waals surface area contributed by atoms with Crippen LogP contribution >= 0.6 is 0 Å². The molecule has 1 saturated carbocycles. The summed E-state index contributed by atoms with van der Waals surface area (Å²) in [4.78, 5) is 23.9. The molecule has 24 heavy (non-hydrogen) atoms. The first kappa shape index (κ1) is 14.7. The second-order valence-corrected chi connectivity index (χ2v) is 6.26. The average molecular weight is 320 g/mol. The number of carbonyl (C=O) groups is 2. The van der Waals surface area contributed by atoms with Crippen LogP contribution in [0.4, 0.5) is 0 Å². The van der Waals surface area contributed by atoms with Gasteiger partial charge >= 0.3 is 5.97 Å². The maximum atomic E-state index is 13.0. The first-order chi connectivity index (χ1) is 11.6. The summed E-state index contributed by atoms with van der Waals surface area (Å²) in [6.45, 7) is 0. The molecular formula is C20H16O4. The van der Waals surface area contributed by atoms with Gasteiger partial charge in [-0.1, -0.05) is 24.3 Å². The van der Waals surface area contributed by atoms with Gasteiger partial charge in [0.05, 0.1) is 11.1 Å². The van der Waals surface area contributed by atoms with Gasteiger partial charge in [-0.15, -0.1) is 0 Å². The Kier molecular flexibility index (Phi) is 3.27. The summed E-state index contributed by atoms with van der Waals surface area (Å²) >= 11 is 0. The topological polar surface area (TPSA) is 63.6 Å². The maximum absolute atomic E-state index is 13.0. The number of fused-ring (bicyclic) bond motifs is 1. The number of ether oxygens (including phenoxy) is 1. The van der Waals surface area contributed by atoms with Gasteiger partial charge in [-0.05, 0) is 55.2 Å². The van der Waals surface area contributed by atoms with Crippen molar-refractivity contribution in [1.29, 1.82) is 0 Å². The van der Waals surface area contributed by atoms with E-state index in [1.807, 2.05) is 24.3 Å².